The maximum absolute atomic E-state index is 12.4. The molecule has 0 aliphatic heterocycles. The van der Waals surface area contributed by atoms with Crippen LogP contribution in [0.1, 0.15) is 30.4 Å². The number of hydrogen-bond acceptors (Lipinski definition) is 4. The Morgan fingerprint density at radius 2 is 1.65 bits per heavy atom. The Labute approximate surface area is 181 Å². The summed E-state index contributed by atoms with van der Waals surface area (Å²) in [5.41, 5.74) is 5.07. The fourth-order valence-corrected chi connectivity index (χ4v) is 3.67. The van der Waals surface area contributed by atoms with E-state index < -0.39 is 18.1 Å². The lowest BCUT2D eigenvalue weighted by molar-refractivity contribution is -0.139. The molecule has 3 N–H and O–H groups in total. The SMILES string of the molecule is C=C/C(O)=C\C=C(/C)CC(NC(=O)OCC1c2ccccc2-c2ccccc21)C(=O)O. The molecule has 0 fully saturated rings. The predicted octanol–water partition coefficient (Wildman–Crippen LogP) is 4.94. The lowest BCUT2D eigenvalue weighted by Gasteiger charge is -2.17. The summed E-state index contributed by atoms with van der Waals surface area (Å²) in [6.07, 6.45) is 3.54. The van der Waals surface area contributed by atoms with Gasteiger partial charge < -0.3 is 20.3 Å². The summed E-state index contributed by atoms with van der Waals surface area (Å²) in [4.78, 5) is 23.9. The first kappa shape index (κ1) is 21.9. The number of nitrogens with one attached hydrogen (secondary N) is 1. The number of aliphatic hydroxyl groups is 1. The number of rotatable bonds is 8. The van der Waals surface area contributed by atoms with Crippen molar-refractivity contribution in [2.24, 2.45) is 0 Å². The highest BCUT2D eigenvalue weighted by molar-refractivity contribution is 5.81. The third kappa shape index (κ3) is 5.22. The molecule has 2 aromatic rings. The Bertz CT molecular complexity index is 1010. The van der Waals surface area contributed by atoms with E-state index in [9.17, 15) is 19.8 Å². The van der Waals surface area contributed by atoms with Crippen molar-refractivity contribution in [3.8, 4) is 11.1 Å². The quantitative estimate of drug-likeness (QED) is 0.416. The van der Waals surface area contributed by atoms with Gasteiger partial charge in [0.1, 0.15) is 18.4 Å². The van der Waals surface area contributed by atoms with E-state index in [1.807, 2.05) is 48.5 Å². The lowest BCUT2D eigenvalue weighted by Crippen LogP contribution is -2.41. The fraction of sp³-hybridized carbons (Fsp3) is 0.200. The van der Waals surface area contributed by atoms with E-state index in [1.54, 1.807) is 13.0 Å². The summed E-state index contributed by atoms with van der Waals surface area (Å²) in [7, 11) is 0. The number of carboxylic acid groups (broad SMARTS) is 1. The molecular formula is C25H25NO5. The summed E-state index contributed by atoms with van der Waals surface area (Å²) < 4.78 is 5.42. The van der Waals surface area contributed by atoms with Crippen LogP contribution < -0.4 is 5.32 Å². The zero-order valence-electron chi connectivity index (χ0n) is 17.2. The third-order valence-corrected chi connectivity index (χ3v) is 5.21. The van der Waals surface area contributed by atoms with Crippen molar-refractivity contribution >= 4 is 12.1 Å². The predicted molar refractivity (Wildman–Crippen MR) is 119 cm³/mol. The van der Waals surface area contributed by atoms with Crippen LogP contribution in [-0.4, -0.2) is 34.9 Å². The number of fused-ring (bicyclic) bond motifs is 3. The number of hydrogen-bond donors (Lipinski definition) is 3. The second-order valence-corrected chi connectivity index (χ2v) is 7.37. The number of carboxylic acids is 1. The van der Waals surface area contributed by atoms with E-state index in [0.29, 0.717) is 5.57 Å². The first-order valence-electron chi connectivity index (χ1n) is 9.94. The van der Waals surface area contributed by atoms with Crippen LogP contribution in [0.2, 0.25) is 0 Å². The van der Waals surface area contributed by atoms with Gasteiger partial charge in [-0.1, -0.05) is 66.8 Å². The minimum absolute atomic E-state index is 0.0317. The summed E-state index contributed by atoms with van der Waals surface area (Å²) in [6, 6.07) is 14.8. The standard InChI is InChI=1S/C25H25NO5/c1-3-17(27)13-12-16(2)14-23(24(28)29)26-25(30)31-15-22-20-10-6-4-8-18(20)19-9-5-7-11-21(19)22/h3-13,22-23,27H,1,14-15H2,2H3,(H,26,30)(H,28,29)/b16-12+,17-13+. The largest absolute Gasteiger partial charge is 0.508 e. The molecule has 0 saturated heterocycles. The van der Waals surface area contributed by atoms with Crippen LogP contribution in [0, 0.1) is 0 Å². The molecule has 6 heteroatoms. The first-order chi connectivity index (χ1) is 14.9. The summed E-state index contributed by atoms with van der Waals surface area (Å²) in [6.45, 7) is 5.25. The minimum atomic E-state index is -1.17. The number of allylic oxidation sites excluding steroid dienone is 3. The topological polar surface area (TPSA) is 95.9 Å². The molecule has 6 nitrogen and oxygen atoms in total. The van der Waals surface area contributed by atoms with Gasteiger partial charge in [-0.05, 0) is 47.8 Å². The molecular weight excluding hydrogens is 394 g/mol. The van der Waals surface area contributed by atoms with Crippen molar-refractivity contribution in [1.82, 2.24) is 5.32 Å². The average Bonchev–Trinajstić information content (AvgIpc) is 3.09. The highest BCUT2D eigenvalue weighted by Gasteiger charge is 2.29. The summed E-state index contributed by atoms with van der Waals surface area (Å²) in [5.74, 6) is -1.30. The number of ether oxygens (including phenoxy) is 1. The molecule has 0 saturated carbocycles. The molecule has 0 spiro atoms. The monoisotopic (exact) mass is 419 g/mol. The summed E-state index contributed by atoms with van der Waals surface area (Å²) >= 11 is 0. The molecule has 1 aliphatic carbocycles. The molecule has 1 unspecified atom stereocenters. The molecule has 160 valence electrons. The van der Waals surface area contributed by atoms with Crippen LogP contribution in [0.3, 0.4) is 0 Å². The van der Waals surface area contributed by atoms with Crippen molar-refractivity contribution in [1.29, 1.82) is 0 Å². The fourth-order valence-electron chi connectivity index (χ4n) is 3.67. The molecule has 0 radical (unpaired) electrons. The van der Waals surface area contributed by atoms with Gasteiger partial charge in [0.2, 0.25) is 0 Å². The van der Waals surface area contributed by atoms with Gasteiger partial charge in [-0.3, -0.25) is 0 Å². The Balaban J connectivity index is 1.65. The van der Waals surface area contributed by atoms with E-state index in [2.05, 4.69) is 11.9 Å². The Morgan fingerprint density at radius 3 is 2.19 bits per heavy atom. The number of aliphatic carboxylic acids is 1. The van der Waals surface area contributed by atoms with E-state index >= 15 is 0 Å². The normalized spacial score (nSPS) is 14.4. The zero-order chi connectivity index (χ0) is 22.4. The van der Waals surface area contributed by atoms with Crippen LogP contribution in [-0.2, 0) is 9.53 Å². The van der Waals surface area contributed by atoms with Crippen LogP contribution >= 0.6 is 0 Å². The van der Waals surface area contributed by atoms with Crippen LogP contribution in [0.25, 0.3) is 11.1 Å². The maximum atomic E-state index is 12.4. The molecule has 1 aliphatic rings. The Hall–Kier alpha value is -3.80. The highest BCUT2D eigenvalue weighted by atomic mass is 16.5. The number of carbonyl (C=O) groups excluding carboxylic acids is 1. The molecule has 31 heavy (non-hydrogen) atoms. The van der Waals surface area contributed by atoms with Crippen LogP contribution in [0.5, 0.6) is 0 Å². The Morgan fingerprint density at radius 1 is 1.06 bits per heavy atom. The molecule has 0 heterocycles. The van der Waals surface area contributed by atoms with Gasteiger partial charge >= 0.3 is 12.1 Å². The van der Waals surface area contributed by atoms with E-state index in [0.717, 1.165) is 22.3 Å². The van der Waals surface area contributed by atoms with Crippen molar-refractivity contribution in [3.05, 3.63) is 95.8 Å². The van der Waals surface area contributed by atoms with Crippen molar-refractivity contribution in [3.63, 3.8) is 0 Å². The number of aliphatic hydroxyl groups excluding tert-OH is 1. The molecule has 0 bridgehead atoms. The van der Waals surface area contributed by atoms with E-state index in [4.69, 9.17) is 4.74 Å². The van der Waals surface area contributed by atoms with Crippen molar-refractivity contribution in [2.75, 3.05) is 6.61 Å². The van der Waals surface area contributed by atoms with Crippen molar-refractivity contribution in [2.45, 2.75) is 25.3 Å². The van der Waals surface area contributed by atoms with Gasteiger partial charge in [0.05, 0.1) is 0 Å². The highest BCUT2D eigenvalue weighted by Crippen LogP contribution is 2.44. The van der Waals surface area contributed by atoms with Gasteiger partial charge in [-0.2, -0.15) is 0 Å². The maximum Gasteiger partial charge on any atom is 0.407 e. The third-order valence-electron chi connectivity index (χ3n) is 5.21. The van der Waals surface area contributed by atoms with E-state index in [-0.39, 0.29) is 24.7 Å². The van der Waals surface area contributed by atoms with Crippen LogP contribution in [0.15, 0.2) is 84.7 Å². The van der Waals surface area contributed by atoms with Gasteiger partial charge in [-0.15, -0.1) is 0 Å². The second-order valence-electron chi connectivity index (χ2n) is 7.37. The van der Waals surface area contributed by atoms with Gasteiger partial charge in [-0.25, -0.2) is 9.59 Å². The summed E-state index contributed by atoms with van der Waals surface area (Å²) in [5, 5.41) is 21.3. The van der Waals surface area contributed by atoms with Crippen molar-refractivity contribution < 1.29 is 24.5 Å². The van der Waals surface area contributed by atoms with Gasteiger partial charge in [0.15, 0.2) is 0 Å². The van der Waals surface area contributed by atoms with E-state index in [1.165, 1.54) is 12.2 Å². The number of alkyl carbamates (subject to hydrolysis) is 1. The number of carbonyl (C=O) groups is 2. The lowest BCUT2D eigenvalue weighted by atomic mass is 9.98. The first-order valence-corrected chi connectivity index (χ1v) is 9.94. The molecule has 3 rings (SSSR count). The molecule has 0 aromatic heterocycles. The zero-order valence-corrected chi connectivity index (χ0v) is 17.2. The second kappa shape index (κ2) is 9.80. The molecule has 1 amide bonds. The smallest absolute Gasteiger partial charge is 0.407 e. The average molecular weight is 419 g/mol. The van der Waals surface area contributed by atoms with Gasteiger partial charge in [0, 0.05) is 5.92 Å². The van der Waals surface area contributed by atoms with Gasteiger partial charge in [0.25, 0.3) is 0 Å². The number of benzene rings is 2. The molecule has 2 aromatic carbocycles. The number of amides is 1. The van der Waals surface area contributed by atoms with Crippen LogP contribution in [0.4, 0.5) is 4.79 Å². The minimum Gasteiger partial charge on any atom is -0.508 e. The Kier molecular flexibility index (Phi) is 6.92. The molecule has 1 atom stereocenters.